The third kappa shape index (κ3) is 9.24. The first-order valence-electron chi connectivity index (χ1n) is 13.7. The SMILES string of the molecule is N=C(N)C(C(=O)NCC1CCCNC1)[C@H](NC(=O)N[C@H](Cc1ccccc1)C(=O)O)C(=O)N1CCCCCC1. The molecule has 214 valence electrons. The van der Waals surface area contributed by atoms with Gasteiger partial charge >= 0.3 is 12.0 Å². The molecular weight excluding hydrogens is 502 g/mol. The number of carbonyl (C=O) groups is 4. The van der Waals surface area contributed by atoms with Crippen molar-refractivity contribution in [1.29, 1.82) is 5.41 Å². The van der Waals surface area contributed by atoms with Crippen molar-refractivity contribution in [1.82, 2.24) is 26.2 Å². The summed E-state index contributed by atoms with van der Waals surface area (Å²) in [5, 5.41) is 28.9. The van der Waals surface area contributed by atoms with Crippen LogP contribution in [0.3, 0.4) is 0 Å². The van der Waals surface area contributed by atoms with E-state index in [0.29, 0.717) is 25.2 Å². The van der Waals surface area contributed by atoms with Gasteiger partial charge in [0, 0.05) is 26.1 Å². The van der Waals surface area contributed by atoms with Gasteiger partial charge in [0.1, 0.15) is 23.8 Å². The van der Waals surface area contributed by atoms with Crippen LogP contribution in [0.25, 0.3) is 0 Å². The van der Waals surface area contributed by atoms with Gasteiger partial charge in [-0.1, -0.05) is 43.2 Å². The van der Waals surface area contributed by atoms with Crippen molar-refractivity contribution in [3.8, 4) is 0 Å². The molecule has 0 aliphatic carbocycles. The highest BCUT2D eigenvalue weighted by Gasteiger charge is 2.40. The summed E-state index contributed by atoms with van der Waals surface area (Å²) in [4.78, 5) is 53.5. The molecule has 2 fully saturated rings. The van der Waals surface area contributed by atoms with Gasteiger partial charge in [0.15, 0.2) is 0 Å². The maximum atomic E-state index is 13.7. The lowest BCUT2D eigenvalue weighted by Crippen LogP contribution is -2.61. The number of aliphatic carboxylic acids is 1. The van der Waals surface area contributed by atoms with Gasteiger partial charge in [-0.05, 0) is 50.3 Å². The summed E-state index contributed by atoms with van der Waals surface area (Å²) in [6.45, 7) is 2.95. The van der Waals surface area contributed by atoms with Crippen molar-refractivity contribution in [2.24, 2.45) is 17.6 Å². The Kier molecular flexibility index (Phi) is 11.5. The first kappa shape index (κ1) is 29.9. The quantitative estimate of drug-likeness (QED) is 0.155. The van der Waals surface area contributed by atoms with Gasteiger partial charge in [-0.3, -0.25) is 15.0 Å². The number of hydrogen-bond acceptors (Lipinski definition) is 6. The molecule has 1 aromatic carbocycles. The average Bonchev–Trinajstić information content (AvgIpc) is 3.21. The molecule has 4 amide bonds. The maximum absolute atomic E-state index is 13.7. The Labute approximate surface area is 229 Å². The second-order valence-electron chi connectivity index (χ2n) is 10.3. The predicted molar refractivity (Wildman–Crippen MR) is 146 cm³/mol. The molecule has 3 rings (SSSR count). The number of rotatable bonds is 11. The van der Waals surface area contributed by atoms with E-state index >= 15 is 0 Å². The molecule has 2 saturated heterocycles. The molecule has 12 nitrogen and oxygen atoms in total. The van der Waals surface area contributed by atoms with Crippen LogP contribution in [-0.4, -0.2) is 84.5 Å². The van der Waals surface area contributed by atoms with Crippen LogP contribution in [0.2, 0.25) is 0 Å². The number of carboxylic acids is 1. The number of amidine groups is 1. The monoisotopic (exact) mass is 543 g/mol. The number of piperidine rings is 1. The fraction of sp³-hybridized carbons (Fsp3) is 0.593. The standard InChI is InChI=1S/C27H41N7O5/c28-23(29)21(24(35)31-17-19-11-8-12-30-16-19)22(25(36)34-13-6-1-2-7-14-34)33-27(39)32-20(26(37)38)15-18-9-4-3-5-10-18/h3-5,9-10,19-22,30H,1-2,6-8,11-17H2,(H3,28,29)(H,31,35)(H,37,38)(H2,32,33,39)/t19?,20-,21?,22+/m1/s1. The van der Waals surface area contributed by atoms with Crippen LogP contribution in [0.15, 0.2) is 30.3 Å². The van der Waals surface area contributed by atoms with E-state index in [4.69, 9.17) is 11.1 Å². The minimum Gasteiger partial charge on any atom is -0.480 e. The molecule has 1 aromatic rings. The van der Waals surface area contributed by atoms with E-state index in [2.05, 4.69) is 21.3 Å². The highest BCUT2D eigenvalue weighted by atomic mass is 16.4. The molecule has 0 aromatic heterocycles. The number of carbonyl (C=O) groups excluding carboxylic acids is 3. The summed E-state index contributed by atoms with van der Waals surface area (Å²) in [5.74, 6) is -4.17. The number of nitrogens with one attached hydrogen (secondary N) is 5. The number of nitrogens with zero attached hydrogens (tertiary/aromatic N) is 1. The Morgan fingerprint density at radius 1 is 1.05 bits per heavy atom. The molecule has 39 heavy (non-hydrogen) atoms. The summed E-state index contributed by atoms with van der Waals surface area (Å²) >= 11 is 0. The van der Waals surface area contributed by atoms with Crippen LogP contribution < -0.4 is 27.0 Å². The minimum absolute atomic E-state index is 0.0282. The predicted octanol–water partition coefficient (Wildman–Crippen LogP) is 0.421. The highest BCUT2D eigenvalue weighted by Crippen LogP contribution is 2.16. The molecule has 12 heteroatoms. The largest absolute Gasteiger partial charge is 0.480 e. The molecule has 2 aliphatic heterocycles. The Morgan fingerprint density at radius 2 is 1.74 bits per heavy atom. The summed E-state index contributed by atoms with van der Waals surface area (Å²) in [6, 6.07) is 5.17. The molecule has 8 N–H and O–H groups in total. The molecule has 0 spiro atoms. The van der Waals surface area contributed by atoms with E-state index in [0.717, 1.165) is 51.6 Å². The van der Waals surface area contributed by atoms with Crippen LogP contribution in [0.5, 0.6) is 0 Å². The van der Waals surface area contributed by atoms with Gasteiger partial charge in [0.25, 0.3) is 0 Å². The summed E-state index contributed by atoms with van der Waals surface area (Å²) in [6.07, 6.45) is 5.46. The van der Waals surface area contributed by atoms with E-state index in [1.807, 2.05) is 0 Å². The molecule has 2 aliphatic rings. The zero-order valence-electron chi connectivity index (χ0n) is 22.3. The zero-order valence-corrected chi connectivity index (χ0v) is 22.3. The van der Waals surface area contributed by atoms with Gasteiger partial charge in [0.2, 0.25) is 11.8 Å². The molecule has 2 heterocycles. The van der Waals surface area contributed by atoms with Crippen molar-refractivity contribution in [2.75, 3.05) is 32.7 Å². The topological polar surface area (TPSA) is 190 Å². The second-order valence-corrected chi connectivity index (χ2v) is 10.3. The van der Waals surface area contributed by atoms with E-state index in [-0.39, 0.29) is 12.3 Å². The molecule has 0 saturated carbocycles. The lowest BCUT2D eigenvalue weighted by Gasteiger charge is -2.32. The number of nitrogens with two attached hydrogens (primary N) is 1. The molecule has 0 bridgehead atoms. The average molecular weight is 544 g/mol. The van der Waals surface area contributed by atoms with E-state index in [1.165, 1.54) is 0 Å². The van der Waals surface area contributed by atoms with Crippen molar-refractivity contribution >= 4 is 29.7 Å². The number of benzene rings is 1. The first-order chi connectivity index (χ1) is 18.8. The van der Waals surface area contributed by atoms with Crippen LogP contribution in [0.4, 0.5) is 4.79 Å². The van der Waals surface area contributed by atoms with Crippen molar-refractivity contribution in [2.45, 2.75) is 57.0 Å². The minimum atomic E-state index is -1.46. The lowest BCUT2D eigenvalue weighted by atomic mass is 9.94. The lowest BCUT2D eigenvalue weighted by molar-refractivity contribution is -0.139. The number of urea groups is 1. The summed E-state index contributed by atoms with van der Waals surface area (Å²) < 4.78 is 0. The van der Waals surface area contributed by atoms with Gasteiger partial charge < -0.3 is 37.0 Å². The molecule has 2 unspecified atom stereocenters. The zero-order chi connectivity index (χ0) is 28.2. The maximum Gasteiger partial charge on any atom is 0.326 e. The fourth-order valence-corrected chi connectivity index (χ4v) is 5.09. The molecule has 4 atom stereocenters. The van der Waals surface area contributed by atoms with Crippen LogP contribution >= 0.6 is 0 Å². The number of hydrogen-bond donors (Lipinski definition) is 7. The van der Waals surface area contributed by atoms with Gasteiger partial charge in [-0.25, -0.2) is 9.59 Å². The second kappa shape index (κ2) is 15.1. The van der Waals surface area contributed by atoms with Gasteiger partial charge in [-0.15, -0.1) is 0 Å². The Balaban J connectivity index is 1.77. The summed E-state index contributed by atoms with van der Waals surface area (Å²) in [5.41, 5.74) is 6.56. The van der Waals surface area contributed by atoms with Crippen LogP contribution in [0, 0.1) is 17.2 Å². The normalized spacial score (nSPS) is 20.0. The van der Waals surface area contributed by atoms with E-state index in [9.17, 15) is 24.3 Å². The first-order valence-corrected chi connectivity index (χ1v) is 13.7. The number of amides is 4. The Hall–Kier alpha value is -3.67. The number of likely N-dealkylation sites (tertiary alicyclic amines) is 1. The number of carboxylic acid groups (broad SMARTS) is 1. The third-order valence-corrected chi connectivity index (χ3v) is 7.27. The van der Waals surface area contributed by atoms with Crippen molar-refractivity contribution in [3.05, 3.63) is 35.9 Å². The smallest absolute Gasteiger partial charge is 0.326 e. The van der Waals surface area contributed by atoms with Crippen LogP contribution in [0.1, 0.15) is 44.1 Å². The highest BCUT2D eigenvalue weighted by molar-refractivity contribution is 6.07. The van der Waals surface area contributed by atoms with Crippen molar-refractivity contribution in [3.63, 3.8) is 0 Å². The molecular formula is C27H41N7O5. The Morgan fingerprint density at radius 3 is 2.33 bits per heavy atom. The van der Waals surface area contributed by atoms with Gasteiger partial charge in [-0.2, -0.15) is 0 Å². The van der Waals surface area contributed by atoms with Crippen molar-refractivity contribution < 1.29 is 24.3 Å². The summed E-state index contributed by atoms with van der Waals surface area (Å²) in [7, 11) is 0. The Bertz CT molecular complexity index is 991. The molecule has 0 radical (unpaired) electrons. The van der Waals surface area contributed by atoms with Gasteiger partial charge in [0.05, 0.1) is 0 Å². The van der Waals surface area contributed by atoms with Crippen LogP contribution in [-0.2, 0) is 20.8 Å². The van der Waals surface area contributed by atoms with E-state index < -0.39 is 47.7 Å². The fourth-order valence-electron chi connectivity index (χ4n) is 5.09. The van der Waals surface area contributed by atoms with E-state index in [1.54, 1.807) is 35.2 Å². The third-order valence-electron chi connectivity index (χ3n) is 7.27.